The number of nitrogens with zero attached hydrogens (tertiary/aromatic N) is 3. The summed E-state index contributed by atoms with van der Waals surface area (Å²) in [6.45, 7) is 5.91. The van der Waals surface area contributed by atoms with Crippen molar-refractivity contribution < 1.29 is 60.6 Å². The van der Waals surface area contributed by atoms with Crippen LogP contribution in [0.15, 0.2) is 18.2 Å². The molecule has 7 amide bonds. The van der Waals surface area contributed by atoms with E-state index in [1.54, 1.807) is 13.8 Å². The fraction of sp³-hybridized carbons (Fsp3) is 0.683. The molecule has 4 rings (SSSR count). The molecular weight excluding hydrogens is 849 g/mol. The first kappa shape index (κ1) is 50.1. The van der Waals surface area contributed by atoms with Crippen LogP contribution >= 0.6 is 11.6 Å². The summed E-state index contributed by atoms with van der Waals surface area (Å²) in [5, 5.41) is 20.8. The molecule has 1 aromatic rings. The largest absolute Gasteiger partial charge is 0.426 e. The van der Waals surface area contributed by atoms with Crippen LogP contribution in [0, 0.1) is 17.7 Å². The zero-order valence-corrected chi connectivity index (χ0v) is 36.6. The highest BCUT2D eigenvalue weighted by molar-refractivity contribution is 6.31. The molecule has 0 bridgehead atoms. The quantitative estimate of drug-likeness (QED) is 0.221. The fourth-order valence-electron chi connectivity index (χ4n) is 7.60. The number of halogens is 6. The molecule has 0 spiro atoms. The van der Waals surface area contributed by atoms with Crippen LogP contribution in [0.3, 0.4) is 0 Å². The Hall–Kier alpha value is -4.59. The highest BCUT2D eigenvalue weighted by atomic mass is 35.5. The predicted octanol–water partition coefficient (Wildman–Crippen LogP) is 2.55. The summed E-state index contributed by atoms with van der Waals surface area (Å²) in [5.74, 6) is -8.01. The molecule has 1 saturated carbocycles. The van der Waals surface area contributed by atoms with Crippen LogP contribution in [0.5, 0.6) is 0 Å². The number of hydrogen-bond acceptors (Lipinski definition) is 8. The van der Waals surface area contributed by atoms with Crippen LogP contribution < -0.4 is 21.3 Å². The molecule has 0 radical (unpaired) electrons. The molecule has 7 atom stereocenters. The number of hydrogen-bond donors (Lipinski definition) is 5. The highest BCUT2D eigenvalue weighted by Crippen LogP contribution is 2.36. The smallest absolute Gasteiger partial charge is 0.373 e. The van der Waals surface area contributed by atoms with E-state index in [9.17, 15) is 60.6 Å². The summed E-state index contributed by atoms with van der Waals surface area (Å²) in [5.41, 5.74) is -5.23. The second-order valence-corrected chi connectivity index (χ2v) is 18.0. The van der Waals surface area contributed by atoms with Gasteiger partial charge in [0.05, 0.1) is 6.54 Å². The standard InChI is InChI=1S/C41H57ClF5N7O8/c1-21(2)16-27-35(58)53(7)29(18-23-17-24(43)13-14-26(23)42)34(57)51-39(3,4)37(60)48-15-9-8-10-28(32(55)49-27)52(6)36(59)31(22-11-12-22)50-33(56)30-19-25(44)20-54(30)38(61)40(5,62)41(45,46)47/h13-14,17,21-22,25,27-31,62H,8-12,15-16,18-20H2,1-7H3,(H,48,60)(H,49,55)(H,50,56)(H,51,57)/t25-,27+,28+,29+,30+,31+,40-/m1/s1. The van der Waals surface area contributed by atoms with Gasteiger partial charge in [0.25, 0.3) is 5.91 Å². The van der Waals surface area contributed by atoms with Crippen LogP contribution in [0.25, 0.3) is 0 Å². The lowest BCUT2D eigenvalue weighted by Gasteiger charge is -2.36. The van der Waals surface area contributed by atoms with Gasteiger partial charge in [-0.25, -0.2) is 8.78 Å². The number of amides is 7. The summed E-state index contributed by atoms with van der Waals surface area (Å²) in [7, 11) is 2.62. The first-order valence-electron chi connectivity index (χ1n) is 20.6. The number of rotatable bonds is 10. The Morgan fingerprint density at radius 2 is 1.71 bits per heavy atom. The van der Waals surface area contributed by atoms with Crippen molar-refractivity contribution in [1.82, 2.24) is 36.0 Å². The van der Waals surface area contributed by atoms with E-state index in [0.717, 1.165) is 21.9 Å². The maximum absolute atomic E-state index is 14.6. The molecule has 62 heavy (non-hydrogen) atoms. The monoisotopic (exact) mass is 905 g/mol. The van der Waals surface area contributed by atoms with Crippen LogP contribution in [0.1, 0.15) is 85.1 Å². The van der Waals surface area contributed by atoms with Gasteiger partial charge in [-0.3, -0.25) is 33.6 Å². The third kappa shape index (κ3) is 11.9. The van der Waals surface area contributed by atoms with Gasteiger partial charge in [0, 0.05) is 38.5 Å². The molecule has 5 N–H and O–H groups in total. The number of aliphatic hydroxyl groups is 1. The zero-order valence-electron chi connectivity index (χ0n) is 35.8. The van der Waals surface area contributed by atoms with Crippen molar-refractivity contribution in [2.45, 2.75) is 140 Å². The van der Waals surface area contributed by atoms with Gasteiger partial charge in [0.2, 0.25) is 41.0 Å². The predicted molar refractivity (Wildman–Crippen MR) is 215 cm³/mol. The Balaban J connectivity index is 1.65. The van der Waals surface area contributed by atoms with Crippen molar-refractivity contribution in [3.63, 3.8) is 0 Å². The molecule has 0 unspecified atom stereocenters. The van der Waals surface area contributed by atoms with Crippen molar-refractivity contribution in [1.29, 1.82) is 0 Å². The second-order valence-electron chi connectivity index (χ2n) is 17.6. The molecule has 2 saturated heterocycles. The topological polar surface area (TPSA) is 198 Å². The third-order valence-corrected chi connectivity index (χ3v) is 12.0. The van der Waals surface area contributed by atoms with Gasteiger partial charge >= 0.3 is 6.18 Å². The number of alkyl halides is 4. The summed E-state index contributed by atoms with van der Waals surface area (Å²) in [6, 6.07) is -3.53. The molecule has 0 aromatic heterocycles. The number of carbonyl (C=O) groups is 7. The van der Waals surface area contributed by atoms with E-state index in [2.05, 4.69) is 21.3 Å². The minimum atomic E-state index is -5.44. The minimum Gasteiger partial charge on any atom is -0.373 e. The van der Waals surface area contributed by atoms with Crippen LogP contribution in [-0.2, 0) is 40.0 Å². The summed E-state index contributed by atoms with van der Waals surface area (Å²) in [4.78, 5) is 99.4. The van der Waals surface area contributed by atoms with Gasteiger partial charge in [-0.15, -0.1) is 0 Å². The molecular formula is C41H57ClF5N7O8. The second kappa shape index (κ2) is 19.8. The van der Waals surface area contributed by atoms with E-state index < -0.39 is 120 Å². The van der Waals surface area contributed by atoms with Gasteiger partial charge < -0.3 is 41.1 Å². The highest BCUT2D eigenvalue weighted by Gasteiger charge is 2.59. The maximum Gasteiger partial charge on any atom is 0.426 e. The molecule has 3 aliphatic rings. The number of nitrogens with one attached hydrogen (secondary N) is 4. The van der Waals surface area contributed by atoms with Gasteiger partial charge in [-0.2, -0.15) is 13.2 Å². The van der Waals surface area contributed by atoms with E-state index in [1.807, 2.05) is 0 Å². The van der Waals surface area contributed by atoms with E-state index in [4.69, 9.17) is 11.6 Å². The molecule has 1 aliphatic carbocycles. The Kier molecular flexibility index (Phi) is 16.0. The van der Waals surface area contributed by atoms with Gasteiger partial charge in [-0.05, 0) is 94.9 Å². The Morgan fingerprint density at radius 3 is 2.31 bits per heavy atom. The average Bonchev–Trinajstić information content (AvgIpc) is 3.95. The first-order chi connectivity index (χ1) is 28.7. The fourth-order valence-corrected chi connectivity index (χ4v) is 7.79. The number of carbonyl (C=O) groups excluding carboxylic acids is 7. The Bertz CT molecular complexity index is 1880. The average molecular weight is 906 g/mol. The van der Waals surface area contributed by atoms with E-state index in [-0.39, 0.29) is 55.7 Å². The van der Waals surface area contributed by atoms with Crippen molar-refractivity contribution in [3.05, 3.63) is 34.6 Å². The number of likely N-dealkylation sites (N-methyl/N-ethyl adjacent to an activating group) is 2. The molecule has 1 aromatic carbocycles. The van der Waals surface area contributed by atoms with Gasteiger partial charge in [0.1, 0.15) is 47.7 Å². The normalized spacial score (nSPS) is 26.0. The summed E-state index contributed by atoms with van der Waals surface area (Å²) < 4.78 is 69.7. The SMILES string of the molecule is CC(C)C[C@@H]1NC(=O)[C@@H](N(C)C(=O)[C@@H](NC(=O)[C@@H]2C[C@@H](F)CN2C(=O)[C@@](C)(O)C(F)(F)F)C2CC2)CCCCNC(=O)C(C)(C)NC(=O)[C@H](Cc2cc(F)ccc2Cl)N(C)C1=O. The van der Waals surface area contributed by atoms with Crippen LogP contribution in [0.4, 0.5) is 22.0 Å². The van der Waals surface area contributed by atoms with Gasteiger partial charge in [0.15, 0.2) is 0 Å². The van der Waals surface area contributed by atoms with Crippen molar-refractivity contribution >= 4 is 53.0 Å². The molecule has 2 heterocycles. The van der Waals surface area contributed by atoms with E-state index >= 15 is 0 Å². The number of likely N-dealkylation sites (tertiary alicyclic amines) is 1. The maximum atomic E-state index is 14.6. The van der Waals surface area contributed by atoms with E-state index in [1.165, 1.54) is 34.0 Å². The molecule has 21 heteroatoms. The van der Waals surface area contributed by atoms with Crippen molar-refractivity contribution in [2.24, 2.45) is 11.8 Å². The molecule has 3 fully saturated rings. The third-order valence-electron chi connectivity index (χ3n) is 11.6. The lowest BCUT2D eigenvalue weighted by atomic mass is 9.97. The lowest BCUT2D eigenvalue weighted by molar-refractivity contribution is -0.250. The molecule has 2 aliphatic heterocycles. The van der Waals surface area contributed by atoms with Crippen LogP contribution in [0.2, 0.25) is 5.02 Å². The first-order valence-corrected chi connectivity index (χ1v) is 21.0. The zero-order chi connectivity index (χ0) is 46.6. The van der Waals surface area contributed by atoms with Crippen molar-refractivity contribution in [3.8, 4) is 0 Å². The van der Waals surface area contributed by atoms with Crippen LogP contribution in [-0.4, -0.2) is 142 Å². The minimum absolute atomic E-state index is 0.00447. The summed E-state index contributed by atoms with van der Waals surface area (Å²) >= 11 is 6.37. The van der Waals surface area contributed by atoms with Gasteiger partial charge in [-0.1, -0.05) is 25.4 Å². The van der Waals surface area contributed by atoms with Crippen molar-refractivity contribution in [2.75, 3.05) is 27.2 Å². The molecule has 15 nitrogen and oxygen atoms in total. The summed E-state index contributed by atoms with van der Waals surface area (Å²) in [6.07, 6.45) is -6.84. The Labute approximate surface area is 362 Å². The lowest BCUT2D eigenvalue weighted by Crippen LogP contribution is -2.62. The molecule has 346 valence electrons. The number of benzene rings is 1. The Morgan fingerprint density at radius 1 is 1.06 bits per heavy atom. The van der Waals surface area contributed by atoms with E-state index in [0.29, 0.717) is 24.2 Å².